The van der Waals surface area contributed by atoms with Crippen molar-refractivity contribution in [1.82, 2.24) is 0 Å². The smallest absolute Gasteiger partial charge is 0.183 e. The fourth-order valence-corrected chi connectivity index (χ4v) is 2.57. The molecule has 2 nitrogen and oxygen atoms in total. The van der Waals surface area contributed by atoms with Crippen LogP contribution < -0.4 is 4.90 Å². The number of rotatable bonds is 3. The molecule has 1 fully saturated rings. The van der Waals surface area contributed by atoms with E-state index in [4.69, 9.17) is 5.26 Å². The zero-order valence-electron chi connectivity index (χ0n) is 10.4. The molecule has 1 aliphatic heterocycles. The summed E-state index contributed by atoms with van der Waals surface area (Å²) in [6.07, 6.45) is 3.26. The third kappa shape index (κ3) is 2.31. The van der Waals surface area contributed by atoms with Gasteiger partial charge in [0.15, 0.2) is 11.6 Å². The molecular weight excluding hydrogens is 234 g/mol. The summed E-state index contributed by atoms with van der Waals surface area (Å²) in [5, 5.41) is 8.64. The summed E-state index contributed by atoms with van der Waals surface area (Å²) in [6, 6.07) is 4.50. The third-order valence-electron chi connectivity index (χ3n) is 3.51. The van der Waals surface area contributed by atoms with Gasteiger partial charge >= 0.3 is 0 Å². The second kappa shape index (κ2) is 5.34. The molecule has 1 atom stereocenters. The van der Waals surface area contributed by atoms with Crippen LogP contribution >= 0.6 is 0 Å². The van der Waals surface area contributed by atoms with Crippen LogP contribution in [0.15, 0.2) is 12.1 Å². The van der Waals surface area contributed by atoms with E-state index >= 15 is 0 Å². The first-order valence-electron chi connectivity index (χ1n) is 6.30. The van der Waals surface area contributed by atoms with E-state index in [2.05, 4.69) is 6.92 Å². The first-order valence-corrected chi connectivity index (χ1v) is 6.30. The SMILES string of the molecule is CCCC1CCN(c2ccc(C#N)c(F)c2F)C1. The molecule has 1 unspecified atom stereocenters. The van der Waals surface area contributed by atoms with Crippen LogP contribution in [0.4, 0.5) is 14.5 Å². The fraction of sp³-hybridized carbons (Fsp3) is 0.500. The summed E-state index contributed by atoms with van der Waals surface area (Å²) < 4.78 is 27.4. The molecule has 0 N–H and O–H groups in total. The fourth-order valence-electron chi connectivity index (χ4n) is 2.57. The van der Waals surface area contributed by atoms with Crippen LogP contribution in [-0.4, -0.2) is 13.1 Å². The van der Waals surface area contributed by atoms with E-state index in [0.717, 1.165) is 32.4 Å². The minimum Gasteiger partial charge on any atom is -0.369 e. The van der Waals surface area contributed by atoms with Gasteiger partial charge in [-0.05, 0) is 30.9 Å². The zero-order chi connectivity index (χ0) is 13.1. The molecule has 0 bridgehead atoms. The van der Waals surface area contributed by atoms with Crippen molar-refractivity contribution < 1.29 is 8.78 Å². The molecular formula is C14H16F2N2. The van der Waals surface area contributed by atoms with Gasteiger partial charge in [0.2, 0.25) is 0 Å². The Morgan fingerprint density at radius 3 is 2.83 bits per heavy atom. The Morgan fingerprint density at radius 2 is 2.17 bits per heavy atom. The molecule has 4 heteroatoms. The van der Waals surface area contributed by atoms with E-state index in [-0.39, 0.29) is 11.3 Å². The van der Waals surface area contributed by atoms with Crippen LogP contribution in [0.3, 0.4) is 0 Å². The standard InChI is InChI=1S/C14H16F2N2/c1-2-3-10-6-7-18(9-10)12-5-4-11(8-17)13(15)14(12)16/h4-5,10H,2-3,6-7,9H2,1H3. The molecule has 0 aliphatic carbocycles. The zero-order valence-corrected chi connectivity index (χ0v) is 10.4. The maximum Gasteiger partial charge on any atom is 0.183 e. The van der Waals surface area contributed by atoms with E-state index in [1.54, 1.807) is 6.07 Å². The van der Waals surface area contributed by atoms with Gasteiger partial charge in [-0.1, -0.05) is 13.3 Å². The van der Waals surface area contributed by atoms with Crippen molar-refractivity contribution in [2.24, 2.45) is 5.92 Å². The van der Waals surface area contributed by atoms with Crippen LogP contribution in [0.25, 0.3) is 0 Å². The number of nitriles is 1. The topological polar surface area (TPSA) is 27.0 Å². The maximum absolute atomic E-state index is 13.8. The Morgan fingerprint density at radius 1 is 1.39 bits per heavy atom. The van der Waals surface area contributed by atoms with Crippen LogP contribution in [-0.2, 0) is 0 Å². The molecule has 0 radical (unpaired) electrons. The summed E-state index contributed by atoms with van der Waals surface area (Å²) in [5.41, 5.74) is 0.0469. The summed E-state index contributed by atoms with van der Waals surface area (Å²) >= 11 is 0. The largest absolute Gasteiger partial charge is 0.369 e. The highest BCUT2D eigenvalue weighted by Crippen LogP contribution is 2.30. The van der Waals surface area contributed by atoms with Crippen LogP contribution in [0.2, 0.25) is 0 Å². The Kier molecular flexibility index (Phi) is 3.81. The molecule has 1 aliphatic rings. The second-order valence-electron chi connectivity index (χ2n) is 4.76. The van der Waals surface area contributed by atoms with Gasteiger partial charge < -0.3 is 4.90 Å². The highest BCUT2D eigenvalue weighted by atomic mass is 19.2. The molecule has 96 valence electrons. The maximum atomic E-state index is 13.8. The summed E-state index contributed by atoms with van der Waals surface area (Å²) in [7, 11) is 0. The van der Waals surface area contributed by atoms with Gasteiger partial charge in [0, 0.05) is 13.1 Å². The molecule has 0 saturated carbocycles. The first-order chi connectivity index (χ1) is 8.67. The van der Waals surface area contributed by atoms with Crippen molar-refractivity contribution >= 4 is 5.69 Å². The number of nitrogens with zero attached hydrogens (tertiary/aromatic N) is 2. The molecule has 18 heavy (non-hydrogen) atoms. The number of benzene rings is 1. The lowest BCUT2D eigenvalue weighted by molar-refractivity contribution is 0.502. The number of hydrogen-bond acceptors (Lipinski definition) is 2. The average Bonchev–Trinajstić information content (AvgIpc) is 2.81. The summed E-state index contributed by atoms with van der Waals surface area (Å²) in [6.45, 7) is 3.66. The van der Waals surface area contributed by atoms with Gasteiger partial charge in [-0.3, -0.25) is 0 Å². The van der Waals surface area contributed by atoms with Gasteiger partial charge in [0.05, 0.1) is 11.3 Å². The van der Waals surface area contributed by atoms with Crippen molar-refractivity contribution in [1.29, 1.82) is 5.26 Å². The van der Waals surface area contributed by atoms with E-state index < -0.39 is 11.6 Å². The van der Waals surface area contributed by atoms with Crippen LogP contribution in [0, 0.1) is 28.9 Å². The molecule has 1 aromatic rings. The lowest BCUT2D eigenvalue weighted by Crippen LogP contribution is -2.21. The molecule has 0 aromatic heterocycles. The second-order valence-corrected chi connectivity index (χ2v) is 4.76. The van der Waals surface area contributed by atoms with E-state index in [0.29, 0.717) is 5.92 Å². The monoisotopic (exact) mass is 250 g/mol. The predicted octanol–water partition coefficient (Wildman–Crippen LogP) is 3.46. The van der Waals surface area contributed by atoms with Crippen LogP contribution in [0.5, 0.6) is 0 Å². The van der Waals surface area contributed by atoms with Crippen molar-refractivity contribution in [3.8, 4) is 6.07 Å². The third-order valence-corrected chi connectivity index (χ3v) is 3.51. The first kappa shape index (κ1) is 12.8. The summed E-state index contributed by atoms with van der Waals surface area (Å²) in [5.74, 6) is -1.37. The van der Waals surface area contributed by atoms with E-state index in [1.807, 2.05) is 4.90 Å². The Labute approximate surface area is 106 Å². The van der Waals surface area contributed by atoms with E-state index in [9.17, 15) is 8.78 Å². The van der Waals surface area contributed by atoms with Crippen molar-refractivity contribution in [3.63, 3.8) is 0 Å². The number of hydrogen-bond donors (Lipinski definition) is 0. The van der Waals surface area contributed by atoms with Crippen molar-refractivity contribution in [2.75, 3.05) is 18.0 Å². The molecule has 1 aromatic carbocycles. The van der Waals surface area contributed by atoms with Gasteiger partial charge in [-0.25, -0.2) is 8.78 Å². The lowest BCUT2D eigenvalue weighted by Gasteiger charge is -2.19. The Hall–Kier alpha value is -1.63. The highest BCUT2D eigenvalue weighted by molar-refractivity contribution is 5.52. The molecule has 1 heterocycles. The van der Waals surface area contributed by atoms with Crippen molar-refractivity contribution in [2.45, 2.75) is 26.2 Å². The van der Waals surface area contributed by atoms with Gasteiger partial charge in [-0.15, -0.1) is 0 Å². The predicted molar refractivity (Wildman–Crippen MR) is 66.3 cm³/mol. The van der Waals surface area contributed by atoms with Gasteiger partial charge in [0.1, 0.15) is 6.07 Å². The molecule has 1 saturated heterocycles. The normalized spacial score (nSPS) is 19.0. The molecule has 0 amide bonds. The minimum atomic E-state index is -1.03. The average molecular weight is 250 g/mol. The minimum absolute atomic E-state index is 0.236. The Bertz CT molecular complexity index is 479. The Balaban J connectivity index is 2.21. The quantitative estimate of drug-likeness (QED) is 0.821. The number of halogens is 2. The van der Waals surface area contributed by atoms with Gasteiger partial charge in [0.25, 0.3) is 0 Å². The molecule has 2 rings (SSSR count). The number of anilines is 1. The lowest BCUT2D eigenvalue weighted by atomic mass is 10.0. The van der Waals surface area contributed by atoms with Crippen LogP contribution in [0.1, 0.15) is 31.7 Å². The highest BCUT2D eigenvalue weighted by Gasteiger charge is 2.25. The van der Waals surface area contributed by atoms with Gasteiger partial charge in [-0.2, -0.15) is 5.26 Å². The van der Waals surface area contributed by atoms with E-state index in [1.165, 1.54) is 12.1 Å². The summed E-state index contributed by atoms with van der Waals surface area (Å²) in [4.78, 5) is 1.87. The van der Waals surface area contributed by atoms with Crippen molar-refractivity contribution in [3.05, 3.63) is 29.3 Å². The molecule has 0 spiro atoms.